The molecule has 0 radical (unpaired) electrons. The number of hydrogen-bond donors (Lipinski definition) is 2. The highest BCUT2D eigenvalue weighted by atomic mass is 16.2. The van der Waals surface area contributed by atoms with Crippen LogP contribution in [0.1, 0.15) is 37.8 Å². The van der Waals surface area contributed by atoms with Crippen molar-refractivity contribution in [3.8, 4) is 0 Å². The van der Waals surface area contributed by atoms with Crippen LogP contribution in [0.5, 0.6) is 0 Å². The van der Waals surface area contributed by atoms with Crippen molar-refractivity contribution in [3.63, 3.8) is 0 Å². The molecule has 2 N–H and O–H groups in total. The van der Waals surface area contributed by atoms with Crippen LogP contribution in [0.3, 0.4) is 0 Å². The van der Waals surface area contributed by atoms with E-state index < -0.39 is 11.4 Å². The Morgan fingerprint density at radius 2 is 1.12 bits per heavy atom. The highest BCUT2D eigenvalue weighted by Crippen LogP contribution is 1.98. The molecule has 0 aromatic carbocycles. The maximum Gasteiger partial charge on any atom is 0.328 e. The van der Waals surface area contributed by atoms with E-state index in [0.29, 0.717) is 49.9 Å². The second kappa shape index (κ2) is 7.76. The van der Waals surface area contributed by atoms with Crippen LogP contribution in [0, 0.1) is 0 Å². The van der Waals surface area contributed by atoms with Crippen molar-refractivity contribution in [1.82, 2.24) is 19.1 Å². The summed E-state index contributed by atoms with van der Waals surface area (Å²) in [7, 11) is 0. The van der Waals surface area contributed by atoms with Crippen molar-refractivity contribution in [2.24, 2.45) is 0 Å². The Hall–Kier alpha value is -2.64. The third kappa shape index (κ3) is 4.01. The van der Waals surface area contributed by atoms with Crippen LogP contribution < -0.4 is 22.5 Å². The lowest BCUT2D eigenvalue weighted by molar-refractivity contribution is 0.521. The first kappa shape index (κ1) is 17.7. The number of nitrogens with one attached hydrogen (secondary N) is 2. The van der Waals surface area contributed by atoms with Gasteiger partial charge >= 0.3 is 11.4 Å². The van der Waals surface area contributed by atoms with E-state index in [1.807, 2.05) is 13.8 Å². The quantitative estimate of drug-likeness (QED) is 0.694. The Bertz CT molecular complexity index is 855. The summed E-state index contributed by atoms with van der Waals surface area (Å²) in [5, 5.41) is 0. The minimum atomic E-state index is -0.424. The lowest BCUT2D eigenvalue weighted by atomic mass is 10.2. The summed E-state index contributed by atoms with van der Waals surface area (Å²) in [5.74, 6) is 0. The zero-order chi connectivity index (χ0) is 17.7. The molecule has 24 heavy (non-hydrogen) atoms. The molecule has 0 amide bonds. The predicted octanol–water partition coefficient (Wildman–Crippen LogP) is -0.00820. The topological polar surface area (TPSA) is 110 Å². The van der Waals surface area contributed by atoms with Gasteiger partial charge in [0.05, 0.1) is 0 Å². The maximum atomic E-state index is 11.8. The van der Waals surface area contributed by atoms with Crippen LogP contribution in [-0.2, 0) is 25.9 Å². The van der Waals surface area contributed by atoms with E-state index in [0.717, 1.165) is 0 Å². The molecule has 130 valence electrons. The van der Waals surface area contributed by atoms with E-state index in [4.69, 9.17) is 0 Å². The summed E-state index contributed by atoms with van der Waals surface area (Å²) in [6.45, 7) is 4.63. The SMILES string of the molecule is CCc1cn(CCCCn2cc(CC)c(=O)[nH]c2=O)c(=O)[nH]c1=O. The molecule has 0 saturated heterocycles. The second-order valence-corrected chi connectivity index (χ2v) is 5.63. The zero-order valence-electron chi connectivity index (χ0n) is 13.9. The Labute approximate surface area is 137 Å². The highest BCUT2D eigenvalue weighted by Gasteiger charge is 2.05. The normalized spacial score (nSPS) is 10.9. The average molecular weight is 334 g/mol. The van der Waals surface area contributed by atoms with Crippen molar-refractivity contribution in [1.29, 1.82) is 0 Å². The van der Waals surface area contributed by atoms with Gasteiger partial charge in [-0.3, -0.25) is 19.6 Å². The molecule has 0 atom stereocenters. The molecule has 2 aromatic heterocycles. The Morgan fingerprint density at radius 1 is 0.750 bits per heavy atom. The van der Waals surface area contributed by atoms with Crippen LogP contribution in [0.4, 0.5) is 0 Å². The molecule has 0 unspecified atom stereocenters. The molecular formula is C16H22N4O4. The maximum absolute atomic E-state index is 11.8. The third-order valence-electron chi connectivity index (χ3n) is 3.98. The van der Waals surface area contributed by atoms with Gasteiger partial charge in [0.2, 0.25) is 0 Å². The molecule has 0 saturated carbocycles. The molecule has 0 fully saturated rings. The summed E-state index contributed by atoms with van der Waals surface area (Å²) in [6.07, 6.45) is 5.62. The lowest BCUT2D eigenvalue weighted by Gasteiger charge is -2.08. The Morgan fingerprint density at radius 3 is 1.46 bits per heavy atom. The number of aromatic amines is 2. The average Bonchev–Trinajstić information content (AvgIpc) is 2.54. The number of unbranched alkanes of at least 4 members (excludes halogenated alkanes) is 1. The van der Waals surface area contributed by atoms with E-state index >= 15 is 0 Å². The number of hydrogen-bond acceptors (Lipinski definition) is 4. The van der Waals surface area contributed by atoms with Gasteiger partial charge in [0.15, 0.2) is 0 Å². The molecule has 0 aliphatic heterocycles. The summed E-state index contributed by atoms with van der Waals surface area (Å²) in [4.78, 5) is 51.2. The molecule has 2 heterocycles. The van der Waals surface area contributed by atoms with E-state index in [1.165, 1.54) is 9.13 Å². The standard InChI is InChI=1S/C16H22N4O4/c1-3-11-9-19(15(23)17-13(11)21)7-5-6-8-20-10-12(4-2)14(22)18-16(20)24/h9-10H,3-8H2,1-2H3,(H,17,21,23)(H,18,22,24). The highest BCUT2D eigenvalue weighted by molar-refractivity contribution is 5.04. The summed E-state index contributed by atoms with van der Waals surface area (Å²) >= 11 is 0. The van der Waals surface area contributed by atoms with Gasteiger partial charge in [-0.15, -0.1) is 0 Å². The van der Waals surface area contributed by atoms with Gasteiger partial charge in [-0.1, -0.05) is 13.8 Å². The smallest absolute Gasteiger partial charge is 0.300 e. The summed E-state index contributed by atoms with van der Waals surface area (Å²) in [5.41, 5.74) is -0.396. The van der Waals surface area contributed by atoms with Gasteiger partial charge in [-0.25, -0.2) is 9.59 Å². The first-order valence-electron chi connectivity index (χ1n) is 8.11. The monoisotopic (exact) mass is 334 g/mol. The molecule has 0 aliphatic carbocycles. The Kier molecular flexibility index (Phi) is 5.73. The van der Waals surface area contributed by atoms with Crippen LogP contribution in [-0.4, -0.2) is 19.1 Å². The minimum absolute atomic E-state index is 0.342. The van der Waals surface area contributed by atoms with Gasteiger partial charge in [0.25, 0.3) is 11.1 Å². The number of nitrogens with zero attached hydrogens (tertiary/aromatic N) is 2. The van der Waals surface area contributed by atoms with Crippen molar-refractivity contribution < 1.29 is 0 Å². The number of rotatable bonds is 7. The van der Waals surface area contributed by atoms with Crippen LogP contribution >= 0.6 is 0 Å². The number of H-pyrrole nitrogens is 2. The van der Waals surface area contributed by atoms with Gasteiger partial charge in [-0.2, -0.15) is 0 Å². The zero-order valence-corrected chi connectivity index (χ0v) is 13.9. The molecule has 8 nitrogen and oxygen atoms in total. The van der Waals surface area contributed by atoms with E-state index in [2.05, 4.69) is 9.97 Å². The molecular weight excluding hydrogens is 312 g/mol. The predicted molar refractivity (Wildman–Crippen MR) is 90.6 cm³/mol. The molecule has 0 spiro atoms. The van der Waals surface area contributed by atoms with Crippen molar-refractivity contribution in [2.75, 3.05) is 0 Å². The first-order valence-corrected chi connectivity index (χ1v) is 8.11. The molecule has 0 aliphatic rings. The van der Waals surface area contributed by atoms with Crippen molar-refractivity contribution in [2.45, 2.75) is 52.6 Å². The van der Waals surface area contributed by atoms with E-state index in [-0.39, 0.29) is 11.1 Å². The van der Waals surface area contributed by atoms with Crippen molar-refractivity contribution >= 4 is 0 Å². The number of aryl methyl sites for hydroxylation is 4. The van der Waals surface area contributed by atoms with Crippen LogP contribution in [0.15, 0.2) is 31.6 Å². The fourth-order valence-electron chi connectivity index (χ4n) is 2.51. The fourth-order valence-corrected chi connectivity index (χ4v) is 2.51. The van der Waals surface area contributed by atoms with E-state index in [9.17, 15) is 19.2 Å². The minimum Gasteiger partial charge on any atom is -0.300 e. The summed E-state index contributed by atoms with van der Waals surface area (Å²) < 4.78 is 2.96. The van der Waals surface area contributed by atoms with Crippen LogP contribution in [0.25, 0.3) is 0 Å². The number of aromatic nitrogens is 4. The molecule has 2 aromatic rings. The van der Waals surface area contributed by atoms with Gasteiger partial charge in [0.1, 0.15) is 0 Å². The summed E-state index contributed by atoms with van der Waals surface area (Å²) in [6, 6.07) is 0. The van der Waals surface area contributed by atoms with Crippen LogP contribution in [0.2, 0.25) is 0 Å². The van der Waals surface area contributed by atoms with E-state index in [1.54, 1.807) is 12.4 Å². The lowest BCUT2D eigenvalue weighted by Crippen LogP contribution is -2.32. The van der Waals surface area contributed by atoms with Crippen molar-refractivity contribution in [3.05, 3.63) is 65.2 Å². The third-order valence-corrected chi connectivity index (χ3v) is 3.98. The molecule has 2 rings (SSSR count). The fraction of sp³-hybridized carbons (Fsp3) is 0.500. The second-order valence-electron chi connectivity index (χ2n) is 5.63. The largest absolute Gasteiger partial charge is 0.328 e. The Balaban J connectivity index is 2.01. The first-order chi connectivity index (χ1) is 11.5. The molecule has 0 bridgehead atoms. The van der Waals surface area contributed by atoms with Gasteiger partial charge < -0.3 is 9.13 Å². The molecule has 8 heteroatoms. The van der Waals surface area contributed by atoms with Gasteiger partial charge in [-0.05, 0) is 25.7 Å². The van der Waals surface area contributed by atoms with Gasteiger partial charge in [0, 0.05) is 36.6 Å².